The Bertz CT molecular complexity index is 352. The zero-order valence-corrected chi connectivity index (χ0v) is 9.95. The molecular formula is C10H13CuO4. The molecule has 5 heteroatoms. The first-order valence-corrected chi connectivity index (χ1v) is 4.65. The molecule has 0 aromatic heterocycles. The summed E-state index contributed by atoms with van der Waals surface area (Å²) in [6, 6.07) is 1.65. The first-order valence-electron chi connectivity index (χ1n) is 4.18. The average Bonchev–Trinajstić information content (AvgIpc) is 2.27. The van der Waals surface area contributed by atoms with E-state index in [1.54, 1.807) is 6.07 Å². The molecule has 88 valence electrons. The molecule has 0 spiro atoms. The summed E-state index contributed by atoms with van der Waals surface area (Å²) >= 11 is 5.29. The van der Waals surface area contributed by atoms with E-state index in [-0.39, 0.29) is 0 Å². The number of hydrogen-bond donors (Lipinski definition) is 0. The predicted molar refractivity (Wildman–Crippen MR) is 52.3 cm³/mol. The molecule has 1 rings (SSSR count). The van der Waals surface area contributed by atoms with Gasteiger partial charge in [0.15, 0.2) is 0 Å². The van der Waals surface area contributed by atoms with Gasteiger partial charge in [-0.2, -0.15) is 0 Å². The summed E-state index contributed by atoms with van der Waals surface area (Å²) < 4.78 is 21.1. The molecule has 0 amide bonds. The van der Waals surface area contributed by atoms with Gasteiger partial charge in [-0.1, -0.05) is 0 Å². The van der Waals surface area contributed by atoms with Crippen molar-refractivity contribution in [3.05, 3.63) is 6.07 Å². The second kappa shape index (κ2) is 5.14. The van der Waals surface area contributed by atoms with Crippen LogP contribution in [-0.2, 0) is 16.0 Å². The van der Waals surface area contributed by atoms with Crippen molar-refractivity contribution in [2.75, 3.05) is 28.4 Å². The van der Waals surface area contributed by atoms with Crippen LogP contribution in [0.25, 0.3) is 0 Å². The molecule has 0 aliphatic rings. The van der Waals surface area contributed by atoms with Gasteiger partial charge in [-0.05, 0) is 0 Å². The van der Waals surface area contributed by atoms with Crippen LogP contribution in [0.1, 0.15) is 0 Å². The molecule has 0 saturated carbocycles. The van der Waals surface area contributed by atoms with Crippen molar-refractivity contribution in [2.24, 2.45) is 0 Å². The maximum absolute atomic E-state index is 5.29. The van der Waals surface area contributed by atoms with E-state index in [1.807, 2.05) is 0 Å². The molecule has 0 aliphatic carbocycles. The number of methoxy groups -OCH3 is 4. The summed E-state index contributed by atoms with van der Waals surface area (Å²) in [5.41, 5.74) is 0. The van der Waals surface area contributed by atoms with Crippen LogP contribution in [0.3, 0.4) is 0 Å². The Morgan fingerprint density at radius 1 is 0.800 bits per heavy atom. The van der Waals surface area contributed by atoms with Crippen LogP contribution in [0.15, 0.2) is 6.07 Å². The van der Waals surface area contributed by atoms with Crippen molar-refractivity contribution in [3.8, 4) is 23.0 Å². The summed E-state index contributed by atoms with van der Waals surface area (Å²) in [7, 11) is 6.11. The number of hydrogen-bond acceptors (Lipinski definition) is 4. The van der Waals surface area contributed by atoms with Crippen molar-refractivity contribution in [3.63, 3.8) is 0 Å². The van der Waals surface area contributed by atoms with Crippen LogP contribution in [0, 0.1) is 0 Å². The van der Waals surface area contributed by atoms with Crippen LogP contribution >= 0.6 is 0 Å². The zero-order chi connectivity index (χ0) is 11.4. The molecule has 0 unspecified atom stereocenters. The molecule has 15 heavy (non-hydrogen) atoms. The molecular weight excluding hydrogens is 248 g/mol. The molecule has 0 fully saturated rings. The molecule has 0 N–H and O–H groups in total. The van der Waals surface area contributed by atoms with Crippen LogP contribution in [-0.4, -0.2) is 28.4 Å². The standard InChI is InChI=1S/C10H13O4.Cu/c1-11-7-5-6-8(12-2)10(14-4)9(7)13-3;/h5H,1-4H3;. The van der Waals surface area contributed by atoms with Gasteiger partial charge in [0, 0.05) is 0 Å². The van der Waals surface area contributed by atoms with Crippen molar-refractivity contribution in [1.29, 1.82) is 0 Å². The maximum atomic E-state index is 5.29. The Morgan fingerprint density at radius 2 is 1.33 bits per heavy atom. The van der Waals surface area contributed by atoms with E-state index >= 15 is 0 Å². The van der Waals surface area contributed by atoms with Crippen molar-refractivity contribution < 1.29 is 35.0 Å². The first kappa shape index (κ1) is 12.0. The van der Waals surface area contributed by atoms with E-state index in [2.05, 4.69) is 0 Å². The van der Waals surface area contributed by atoms with Crippen molar-refractivity contribution >= 4 is 4.46 Å². The van der Waals surface area contributed by atoms with E-state index in [4.69, 9.17) is 35.0 Å². The second-order valence-corrected chi connectivity index (χ2v) is 3.13. The predicted octanol–water partition coefficient (Wildman–Crippen LogP) is 0.893. The average molecular weight is 261 g/mol. The Hall–Kier alpha value is -1.06. The Balaban J connectivity index is 3.44. The van der Waals surface area contributed by atoms with Gasteiger partial charge in [0.1, 0.15) is 0 Å². The normalized spacial score (nSPS) is 9.73. The molecule has 1 aromatic carbocycles. The Labute approximate surface area is 97.3 Å². The summed E-state index contributed by atoms with van der Waals surface area (Å²) in [4.78, 5) is 0. The molecule has 0 bridgehead atoms. The van der Waals surface area contributed by atoms with Crippen molar-refractivity contribution in [2.45, 2.75) is 0 Å². The number of ether oxygens (including phenoxy) is 4. The molecule has 1 aromatic rings. The van der Waals surface area contributed by atoms with Gasteiger partial charge < -0.3 is 0 Å². The SMILES string of the molecule is COc1c[c]([Cu])c(OC)c(OC)c1OC. The Kier molecular flexibility index (Phi) is 4.12. The number of rotatable bonds is 4. The van der Waals surface area contributed by atoms with Crippen LogP contribution in [0.5, 0.6) is 23.0 Å². The summed E-state index contributed by atoms with van der Waals surface area (Å²) in [6.07, 6.45) is 0. The van der Waals surface area contributed by atoms with Gasteiger partial charge in [-0.15, -0.1) is 0 Å². The van der Waals surface area contributed by atoms with Gasteiger partial charge >= 0.3 is 96.9 Å². The summed E-state index contributed by atoms with van der Waals surface area (Å²) in [6.45, 7) is 0. The van der Waals surface area contributed by atoms with Gasteiger partial charge in [-0.25, -0.2) is 0 Å². The minimum atomic E-state index is 0.443. The monoisotopic (exact) mass is 260 g/mol. The number of benzene rings is 1. The van der Waals surface area contributed by atoms with Crippen LogP contribution in [0.4, 0.5) is 0 Å². The fourth-order valence-corrected chi connectivity index (χ4v) is 1.59. The molecule has 0 heterocycles. The molecule has 4 nitrogen and oxygen atoms in total. The van der Waals surface area contributed by atoms with Gasteiger partial charge in [0.05, 0.1) is 0 Å². The fourth-order valence-electron chi connectivity index (χ4n) is 1.26. The third kappa shape index (κ3) is 2.13. The van der Waals surface area contributed by atoms with Crippen LogP contribution < -0.4 is 23.4 Å². The zero-order valence-electron chi connectivity index (χ0n) is 9.01. The van der Waals surface area contributed by atoms with Crippen molar-refractivity contribution in [1.82, 2.24) is 0 Å². The van der Waals surface area contributed by atoms with Crippen LogP contribution in [0.2, 0.25) is 0 Å². The van der Waals surface area contributed by atoms with E-state index in [9.17, 15) is 0 Å². The third-order valence-corrected chi connectivity index (χ3v) is 2.26. The van der Waals surface area contributed by atoms with E-state index in [0.717, 1.165) is 0 Å². The molecule has 0 radical (unpaired) electrons. The van der Waals surface area contributed by atoms with Gasteiger partial charge in [0.25, 0.3) is 0 Å². The quantitative estimate of drug-likeness (QED) is 0.754. The Morgan fingerprint density at radius 3 is 1.73 bits per heavy atom. The van der Waals surface area contributed by atoms with E-state index in [0.29, 0.717) is 27.5 Å². The fraction of sp³-hybridized carbons (Fsp3) is 0.400. The summed E-state index contributed by atoms with van der Waals surface area (Å²) in [5, 5.41) is 0. The van der Waals surface area contributed by atoms with E-state index in [1.165, 1.54) is 28.4 Å². The topological polar surface area (TPSA) is 36.9 Å². The third-order valence-electron chi connectivity index (χ3n) is 1.91. The molecule has 0 aliphatic heterocycles. The van der Waals surface area contributed by atoms with Gasteiger partial charge in [0.2, 0.25) is 0 Å². The summed E-state index contributed by atoms with van der Waals surface area (Å²) in [5.74, 6) is 1.91. The second-order valence-electron chi connectivity index (χ2n) is 2.62. The van der Waals surface area contributed by atoms with E-state index < -0.39 is 0 Å². The van der Waals surface area contributed by atoms with Gasteiger partial charge in [-0.3, -0.25) is 0 Å². The first-order chi connectivity index (χ1) is 7.19. The molecule has 0 atom stereocenters. The minimum absolute atomic E-state index is 0.443. The molecule has 0 saturated heterocycles.